The number of nitrogens with one attached hydrogen (secondary N) is 1. The van der Waals surface area contributed by atoms with Crippen molar-refractivity contribution in [3.05, 3.63) is 52.0 Å². The number of hydrogen-bond acceptors (Lipinski definition) is 4. The average Bonchev–Trinajstić information content (AvgIpc) is 2.49. The molecule has 1 amide bonds. The highest BCUT2D eigenvalue weighted by Crippen LogP contribution is 2.33. The summed E-state index contributed by atoms with van der Waals surface area (Å²) in [4.78, 5) is 11.2. The molecule has 0 aliphatic rings. The fourth-order valence-corrected chi connectivity index (χ4v) is 2.20. The van der Waals surface area contributed by atoms with Gasteiger partial charge in [-0.2, -0.15) is 0 Å². The van der Waals surface area contributed by atoms with Crippen molar-refractivity contribution in [2.45, 2.75) is 6.61 Å². The lowest BCUT2D eigenvalue weighted by Crippen LogP contribution is -2.16. The van der Waals surface area contributed by atoms with Crippen LogP contribution in [0, 0.1) is 0 Å². The number of nitrogens with two attached hydrogens (primary N) is 1. The number of halogens is 2. The van der Waals surface area contributed by atoms with Crippen molar-refractivity contribution in [1.82, 2.24) is 0 Å². The Bertz CT molecular complexity index is 692. The van der Waals surface area contributed by atoms with Crippen LogP contribution in [0.3, 0.4) is 0 Å². The SMILES string of the molecule is Nc1cc(OCc2cccc(Cl)c2)c(Cl)cc1NC(=O)CO. The summed E-state index contributed by atoms with van der Waals surface area (Å²) in [7, 11) is 0. The first-order valence-corrected chi connectivity index (χ1v) is 7.12. The van der Waals surface area contributed by atoms with E-state index < -0.39 is 12.5 Å². The molecule has 0 bridgehead atoms. The average molecular weight is 341 g/mol. The molecule has 0 aliphatic heterocycles. The van der Waals surface area contributed by atoms with Gasteiger partial charge in [-0.3, -0.25) is 4.79 Å². The topological polar surface area (TPSA) is 84.6 Å². The standard InChI is InChI=1S/C15H14Cl2N2O3/c16-10-3-1-2-9(4-10)8-22-14-6-12(18)13(5-11(14)17)19-15(21)7-20/h1-6,20H,7-8,18H2,(H,19,21). The number of rotatable bonds is 5. The third kappa shape index (κ3) is 4.27. The van der Waals surface area contributed by atoms with Crippen LogP contribution < -0.4 is 15.8 Å². The lowest BCUT2D eigenvalue weighted by Gasteiger charge is -2.13. The zero-order valence-electron chi connectivity index (χ0n) is 11.5. The fraction of sp³-hybridized carbons (Fsp3) is 0.133. The number of aliphatic hydroxyl groups excluding tert-OH is 1. The van der Waals surface area contributed by atoms with E-state index in [1.54, 1.807) is 12.1 Å². The smallest absolute Gasteiger partial charge is 0.250 e. The molecular weight excluding hydrogens is 327 g/mol. The van der Waals surface area contributed by atoms with Gasteiger partial charge in [0.1, 0.15) is 19.0 Å². The summed E-state index contributed by atoms with van der Waals surface area (Å²) in [6.07, 6.45) is 0. The molecule has 0 atom stereocenters. The minimum absolute atomic E-state index is 0.280. The van der Waals surface area contributed by atoms with E-state index in [0.717, 1.165) is 5.56 Å². The molecule has 0 spiro atoms. The van der Waals surface area contributed by atoms with Gasteiger partial charge in [0.2, 0.25) is 5.91 Å². The first-order valence-electron chi connectivity index (χ1n) is 6.36. The molecule has 0 aliphatic carbocycles. The summed E-state index contributed by atoms with van der Waals surface area (Å²) in [5, 5.41) is 12.1. The quantitative estimate of drug-likeness (QED) is 0.730. The van der Waals surface area contributed by atoms with E-state index in [9.17, 15) is 4.79 Å². The van der Waals surface area contributed by atoms with Crippen LogP contribution in [0.15, 0.2) is 36.4 Å². The van der Waals surface area contributed by atoms with Gasteiger partial charge in [0.05, 0.1) is 16.4 Å². The zero-order valence-corrected chi connectivity index (χ0v) is 13.0. The second-order valence-corrected chi connectivity index (χ2v) is 5.34. The van der Waals surface area contributed by atoms with Gasteiger partial charge >= 0.3 is 0 Å². The van der Waals surface area contributed by atoms with Crippen LogP contribution in [0.25, 0.3) is 0 Å². The number of carbonyl (C=O) groups is 1. The largest absolute Gasteiger partial charge is 0.487 e. The monoisotopic (exact) mass is 340 g/mol. The maximum atomic E-state index is 11.2. The van der Waals surface area contributed by atoms with Gasteiger partial charge in [0, 0.05) is 11.1 Å². The van der Waals surface area contributed by atoms with Crippen molar-refractivity contribution >= 4 is 40.5 Å². The zero-order chi connectivity index (χ0) is 16.1. The molecule has 7 heteroatoms. The number of benzene rings is 2. The molecule has 0 saturated heterocycles. The van der Waals surface area contributed by atoms with Gasteiger partial charge in [0.15, 0.2) is 0 Å². The van der Waals surface area contributed by atoms with E-state index in [0.29, 0.717) is 21.5 Å². The highest BCUT2D eigenvalue weighted by molar-refractivity contribution is 6.32. The van der Waals surface area contributed by atoms with Crippen LogP contribution in [0.5, 0.6) is 5.75 Å². The maximum Gasteiger partial charge on any atom is 0.250 e. The molecule has 0 radical (unpaired) electrons. The number of aliphatic hydroxyl groups is 1. The molecule has 0 unspecified atom stereocenters. The number of amides is 1. The molecule has 2 aromatic carbocycles. The van der Waals surface area contributed by atoms with Crippen LogP contribution >= 0.6 is 23.2 Å². The highest BCUT2D eigenvalue weighted by atomic mass is 35.5. The Morgan fingerprint density at radius 2 is 2.05 bits per heavy atom. The third-order valence-corrected chi connectivity index (χ3v) is 3.34. The Morgan fingerprint density at radius 3 is 2.73 bits per heavy atom. The number of hydrogen-bond donors (Lipinski definition) is 3. The van der Waals surface area contributed by atoms with Gasteiger partial charge < -0.3 is 20.9 Å². The second kappa shape index (κ2) is 7.35. The van der Waals surface area contributed by atoms with Crippen molar-refractivity contribution in [3.63, 3.8) is 0 Å². The molecule has 0 aromatic heterocycles. The van der Waals surface area contributed by atoms with Crippen LogP contribution in [0.1, 0.15) is 5.56 Å². The van der Waals surface area contributed by atoms with Gasteiger partial charge in [-0.1, -0.05) is 35.3 Å². The Balaban J connectivity index is 2.12. The summed E-state index contributed by atoms with van der Waals surface area (Å²) in [6.45, 7) is -0.355. The lowest BCUT2D eigenvalue weighted by atomic mass is 10.2. The summed E-state index contributed by atoms with van der Waals surface area (Å²) >= 11 is 12.0. The predicted octanol–water partition coefficient (Wildman–Crippen LogP) is 3.09. The van der Waals surface area contributed by atoms with Crippen molar-refractivity contribution < 1.29 is 14.6 Å². The van der Waals surface area contributed by atoms with Crippen LogP contribution in [0.4, 0.5) is 11.4 Å². The Morgan fingerprint density at radius 1 is 1.27 bits per heavy atom. The molecule has 4 N–H and O–H groups in total. The van der Waals surface area contributed by atoms with E-state index in [-0.39, 0.29) is 12.3 Å². The first kappa shape index (κ1) is 16.4. The molecule has 2 rings (SSSR count). The fourth-order valence-electron chi connectivity index (χ4n) is 1.77. The predicted molar refractivity (Wildman–Crippen MR) is 87.4 cm³/mol. The Kier molecular flexibility index (Phi) is 5.49. The summed E-state index contributed by atoms with van der Waals surface area (Å²) in [5.41, 5.74) is 7.32. The second-order valence-electron chi connectivity index (χ2n) is 4.49. The van der Waals surface area contributed by atoms with Crippen LogP contribution in [0.2, 0.25) is 10.0 Å². The van der Waals surface area contributed by atoms with Crippen LogP contribution in [-0.4, -0.2) is 17.6 Å². The minimum Gasteiger partial charge on any atom is -0.487 e. The molecular formula is C15H14Cl2N2O3. The molecule has 0 saturated carbocycles. The van der Waals surface area contributed by atoms with E-state index in [4.69, 9.17) is 38.8 Å². The van der Waals surface area contributed by atoms with Crippen molar-refractivity contribution in [2.24, 2.45) is 0 Å². The van der Waals surface area contributed by atoms with Crippen molar-refractivity contribution in [2.75, 3.05) is 17.7 Å². The van der Waals surface area contributed by atoms with Gasteiger partial charge in [-0.25, -0.2) is 0 Å². The number of nitrogen functional groups attached to an aromatic ring is 1. The summed E-state index contributed by atoms with van der Waals surface area (Å²) in [5.74, 6) is -0.184. The van der Waals surface area contributed by atoms with E-state index >= 15 is 0 Å². The van der Waals surface area contributed by atoms with Gasteiger partial charge in [-0.05, 0) is 23.8 Å². The summed E-state index contributed by atoms with van der Waals surface area (Å²) in [6, 6.07) is 10.2. The van der Waals surface area contributed by atoms with E-state index in [2.05, 4.69) is 5.32 Å². The van der Waals surface area contributed by atoms with E-state index in [1.165, 1.54) is 12.1 Å². The minimum atomic E-state index is -0.635. The maximum absolute atomic E-state index is 11.2. The molecule has 22 heavy (non-hydrogen) atoms. The number of ether oxygens (including phenoxy) is 1. The molecule has 0 heterocycles. The summed E-state index contributed by atoms with van der Waals surface area (Å²) < 4.78 is 5.61. The Labute approximate surface area is 137 Å². The lowest BCUT2D eigenvalue weighted by molar-refractivity contribution is -0.118. The third-order valence-electron chi connectivity index (χ3n) is 2.81. The molecule has 116 valence electrons. The van der Waals surface area contributed by atoms with Gasteiger partial charge in [-0.15, -0.1) is 0 Å². The number of carbonyl (C=O) groups excluding carboxylic acids is 1. The molecule has 0 fully saturated rings. The number of anilines is 2. The molecule has 2 aromatic rings. The Hall–Kier alpha value is -1.95. The van der Waals surface area contributed by atoms with E-state index in [1.807, 2.05) is 12.1 Å². The normalized spacial score (nSPS) is 10.3. The highest BCUT2D eigenvalue weighted by Gasteiger charge is 2.10. The van der Waals surface area contributed by atoms with Crippen molar-refractivity contribution in [1.29, 1.82) is 0 Å². The first-order chi connectivity index (χ1) is 10.5. The van der Waals surface area contributed by atoms with Crippen molar-refractivity contribution in [3.8, 4) is 5.75 Å². The van der Waals surface area contributed by atoms with Crippen LogP contribution in [-0.2, 0) is 11.4 Å². The molecule has 5 nitrogen and oxygen atoms in total. The van der Waals surface area contributed by atoms with Gasteiger partial charge in [0.25, 0.3) is 0 Å².